The van der Waals surface area contributed by atoms with Crippen LogP contribution in [0.3, 0.4) is 0 Å². The summed E-state index contributed by atoms with van der Waals surface area (Å²) in [4.78, 5) is 0. The van der Waals surface area contributed by atoms with Crippen molar-refractivity contribution in [3.8, 4) is 0 Å². The third kappa shape index (κ3) is 3.55. The lowest BCUT2D eigenvalue weighted by Crippen LogP contribution is -2.23. The molecule has 0 saturated heterocycles. The van der Waals surface area contributed by atoms with E-state index in [2.05, 4.69) is 0 Å². The summed E-state index contributed by atoms with van der Waals surface area (Å²) in [6.07, 6.45) is -1.23. The lowest BCUT2D eigenvalue weighted by atomic mass is 9.89. The van der Waals surface area contributed by atoms with Gasteiger partial charge in [-0.25, -0.2) is 0 Å². The first-order valence-electron chi connectivity index (χ1n) is 4.70. The quantitative estimate of drug-likeness (QED) is 0.735. The maximum absolute atomic E-state index is 12.0. The SMILES string of the molecule is OCC(CC(F)(F)F)C1CCCC1. The van der Waals surface area contributed by atoms with Gasteiger partial charge in [0.05, 0.1) is 0 Å². The number of aliphatic hydroxyl groups excluding tert-OH is 1. The van der Waals surface area contributed by atoms with Gasteiger partial charge in [0, 0.05) is 13.0 Å². The molecule has 1 fully saturated rings. The Morgan fingerprint density at radius 2 is 1.77 bits per heavy atom. The van der Waals surface area contributed by atoms with E-state index in [9.17, 15) is 13.2 Å². The van der Waals surface area contributed by atoms with Crippen molar-refractivity contribution < 1.29 is 18.3 Å². The monoisotopic (exact) mass is 196 g/mol. The highest BCUT2D eigenvalue weighted by molar-refractivity contribution is 4.76. The van der Waals surface area contributed by atoms with E-state index in [1.54, 1.807) is 0 Å². The lowest BCUT2D eigenvalue weighted by molar-refractivity contribution is -0.151. The van der Waals surface area contributed by atoms with E-state index in [1.165, 1.54) is 0 Å². The zero-order valence-corrected chi connectivity index (χ0v) is 7.48. The van der Waals surface area contributed by atoms with Crippen LogP contribution in [0.15, 0.2) is 0 Å². The number of halogens is 3. The van der Waals surface area contributed by atoms with Crippen LogP contribution in [0.1, 0.15) is 32.1 Å². The second-order valence-corrected chi connectivity index (χ2v) is 3.81. The summed E-state index contributed by atoms with van der Waals surface area (Å²) >= 11 is 0. The third-order valence-corrected chi connectivity index (χ3v) is 2.79. The van der Waals surface area contributed by atoms with Gasteiger partial charge in [-0.1, -0.05) is 25.7 Å². The number of alkyl halides is 3. The van der Waals surface area contributed by atoms with Crippen molar-refractivity contribution in [3.05, 3.63) is 0 Å². The van der Waals surface area contributed by atoms with Gasteiger partial charge in [0.1, 0.15) is 0 Å². The number of rotatable bonds is 3. The minimum absolute atomic E-state index is 0.0895. The van der Waals surface area contributed by atoms with E-state index in [0.29, 0.717) is 0 Å². The smallest absolute Gasteiger partial charge is 0.389 e. The van der Waals surface area contributed by atoms with Crippen LogP contribution in [0, 0.1) is 11.8 Å². The fourth-order valence-corrected chi connectivity index (χ4v) is 2.11. The van der Waals surface area contributed by atoms with Crippen LogP contribution < -0.4 is 0 Å². The second-order valence-electron chi connectivity index (χ2n) is 3.81. The molecular formula is C9H15F3O. The molecule has 1 aliphatic rings. The van der Waals surface area contributed by atoms with Crippen molar-refractivity contribution >= 4 is 0 Å². The normalized spacial score (nSPS) is 22.2. The summed E-state index contributed by atoms with van der Waals surface area (Å²) in [6, 6.07) is 0. The molecule has 1 aliphatic carbocycles. The number of aliphatic hydroxyl groups is 1. The predicted octanol–water partition coefficient (Wildman–Crippen LogP) is 2.74. The molecule has 0 spiro atoms. The van der Waals surface area contributed by atoms with E-state index >= 15 is 0 Å². The molecule has 1 unspecified atom stereocenters. The topological polar surface area (TPSA) is 20.2 Å². The first kappa shape index (κ1) is 10.8. The summed E-state index contributed by atoms with van der Waals surface area (Å²) < 4.78 is 36.1. The molecule has 0 aliphatic heterocycles. The molecule has 0 heterocycles. The zero-order chi connectivity index (χ0) is 9.90. The largest absolute Gasteiger partial charge is 0.396 e. The number of hydrogen-bond acceptors (Lipinski definition) is 1. The molecule has 0 aromatic rings. The second kappa shape index (κ2) is 4.31. The molecule has 4 heteroatoms. The lowest BCUT2D eigenvalue weighted by Gasteiger charge is -2.22. The van der Waals surface area contributed by atoms with Gasteiger partial charge in [0.2, 0.25) is 0 Å². The molecule has 1 nitrogen and oxygen atoms in total. The molecule has 1 N–H and O–H groups in total. The fraction of sp³-hybridized carbons (Fsp3) is 1.00. The average molecular weight is 196 g/mol. The van der Waals surface area contributed by atoms with Crippen molar-refractivity contribution in [2.45, 2.75) is 38.3 Å². The van der Waals surface area contributed by atoms with Gasteiger partial charge >= 0.3 is 6.18 Å². The highest BCUT2D eigenvalue weighted by Gasteiger charge is 2.36. The summed E-state index contributed by atoms with van der Waals surface area (Å²) in [7, 11) is 0. The first-order chi connectivity index (χ1) is 6.03. The average Bonchev–Trinajstić information content (AvgIpc) is 2.50. The van der Waals surface area contributed by atoms with Crippen molar-refractivity contribution in [3.63, 3.8) is 0 Å². The molecule has 1 rings (SSSR count). The van der Waals surface area contributed by atoms with Crippen LogP contribution in [-0.2, 0) is 0 Å². The van der Waals surface area contributed by atoms with Gasteiger partial charge in [0.15, 0.2) is 0 Å². The summed E-state index contributed by atoms with van der Waals surface area (Å²) in [5.41, 5.74) is 0. The molecule has 78 valence electrons. The van der Waals surface area contributed by atoms with E-state index < -0.39 is 18.5 Å². The van der Waals surface area contributed by atoms with Gasteiger partial charge in [-0.05, 0) is 11.8 Å². The Balaban J connectivity index is 2.42. The Kier molecular flexibility index (Phi) is 3.59. The summed E-state index contributed by atoms with van der Waals surface area (Å²) in [5.74, 6) is -0.478. The minimum Gasteiger partial charge on any atom is -0.396 e. The van der Waals surface area contributed by atoms with Gasteiger partial charge in [-0.3, -0.25) is 0 Å². The molecule has 13 heavy (non-hydrogen) atoms. The molecule has 0 aromatic carbocycles. The predicted molar refractivity (Wildman–Crippen MR) is 43.2 cm³/mol. The summed E-state index contributed by atoms with van der Waals surface area (Å²) in [5, 5.41) is 8.85. The Labute approximate surface area is 75.9 Å². The maximum Gasteiger partial charge on any atom is 0.389 e. The van der Waals surface area contributed by atoms with Crippen molar-refractivity contribution in [1.82, 2.24) is 0 Å². The molecule has 1 saturated carbocycles. The Hall–Kier alpha value is -0.250. The zero-order valence-electron chi connectivity index (χ0n) is 7.48. The van der Waals surface area contributed by atoms with Crippen LogP contribution >= 0.6 is 0 Å². The van der Waals surface area contributed by atoms with Crippen LogP contribution in [0.2, 0.25) is 0 Å². The van der Waals surface area contributed by atoms with E-state index in [0.717, 1.165) is 25.7 Å². The summed E-state index contributed by atoms with van der Waals surface area (Å²) in [6.45, 7) is -0.329. The molecular weight excluding hydrogens is 181 g/mol. The molecule has 0 radical (unpaired) electrons. The van der Waals surface area contributed by atoms with E-state index in [1.807, 2.05) is 0 Å². The fourth-order valence-electron chi connectivity index (χ4n) is 2.11. The minimum atomic E-state index is -4.13. The van der Waals surface area contributed by atoms with Crippen molar-refractivity contribution in [1.29, 1.82) is 0 Å². The maximum atomic E-state index is 12.0. The highest BCUT2D eigenvalue weighted by atomic mass is 19.4. The third-order valence-electron chi connectivity index (χ3n) is 2.79. The van der Waals surface area contributed by atoms with Crippen LogP contribution in [-0.4, -0.2) is 17.9 Å². The number of hydrogen-bond donors (Lipinski definition) is 1. The van der Waals surface area contributed by atoms with Crippen LogP contribution in [0.4, 0.5) is 13.2 Å². The standard InChI is InChI=1S/C9H15F3O/c10-9(11,12)5-8(6-13)7-3-1-2-4-7/h7-8,13H,1-6H2. The van der Waals surface area contributed by atoms with Gasteiger partial charge < -0.3 is 5.11 Å². The molecule has 0 bridgehead atoms. The van der Waals surface area contributed by atoms with E-state index in [-0.39, 0.29) is 12.5 Å². The van der Waals surface area contributed by atoms with E-state index in [4.69, 9.17) is 5.11 Å². The van der Waals surface area contributed by atoms with Crippen LogP contribution in [0.25, 0.3) is 0 Å². The molecule has 0 aromatic heterocycles. The Bertz CT molecular complexity index is 149. The molecule has 1 atom stereocenters. The Morgan fingerprint density at radius 1 is 1.23 bits per heavy atom. The van der Waals surface area contributed by atoms with Crippen molar-refractivity contribution in [2.75, 3.05) is 6.61 Å². The van der Waals surface area contributed by atoms with Crippen LogP contribution in [0.5, 0.6) is 0 Å². The Morgan fingerprint density at radius 3 is 2.15 bits per heavy atom. The van der Waals surface area contributed by atoms with Gasteiger partial charge in [0.25, 0.3) is 0 Å². The first-order valence-corrected chi connectivity index (χ1v) is 4.70. The molecule has 0 amide bonds. The van der Waals surface area contributed by atoms with Gasteiger partial charge in [-0.2, -0.15) is 13.2 Å². The van der Waals surface area contributed by atoms with Crippen molar-refractivity contribution in [2.24, 2.45) is 11.8 Å². The highest BCUT2D eigenvalue weighted by Crippen LogP contribution is 2.37. The van der Waals surface area contributed by atoms with Gasteiger partial charge in [-0.15, -0.1) is 0 Å².